The molecule has 0 radical (unpaired) electrons. The van der Waals surface area contributed by atoms with Crippen LogP contribution in [0.1, 0.15) is 64.2 Å². The van der Waals surface area contributed by atoms with Gasteiger partial charge in [0, 0.05) is 18.6 Å². The maximum absolute atomic E-state index is 11.8. The number of rotatable bonds is 12. The highest BCUT2D eigenvalue weighted by Gasteiger charge is 2.26. The van der Waals surface area contributed by atoms with Crippen LogP contribution >= 0.6 is 0 Å². The number of nitrogens with two attached hydrogens (primary N) is 1. The molecule has 0 aromatic heterocycles. The number of nitrogens with one attached hydrogen (secondary N) is 1. The Morgan fingerprint density at radius 1 is 0.966 bits per heavy atom. The molecule has 0 unspecified atom stereocenters. The van der Waals surface area contributed by atoms with Gasteiger partial charge in [-0.2, -0.15) is 0 Å². The molecule has 0 bridgehead atoms. The van der Waals surface area contributed by atoms with Crippen LogP contribution in [0.25, 0.3) is 0 Å². The van der Waals surface area contributed by atoms with E-state index in [-0.39, 0.29) is 12.6 Å². The highest BCUT2D eigenvalue weighted by molar-refractivity contribution is 5.69. The van der Waals surface area contributed by atoms with E-state index >= 15 is 0 Å². The van der Waals surface area contributed by atoms with Gasteiger partial charge in [0.25, 0.3) is 0 Å². The Hall–Kier alpha value is -1.59. The molecule has 0 aromatic carbocycles. The van der Waals surface area contributed by atoms with Gasteiger partial charge in [0.1, 0.15) is 19.0 Å². The quantitative estimate of drug-likeness (QED) is 0.220. The average Bonchev–Trinajstić information content (AvgIpc) is 2.73. The van der Waals surface area contributed by atoms with Crippen LogP contribution in [0.15, 0.2) is 37.1 Å². The van der Waals surface area contributed by atoms with Gasteiger partial charge in [0.05, 0.1) is 6.42 Å². The van der Waals surface area contributed by atoms with Crippen LogP contribution in [0.4, 0.5) is 0 Å². The van der Waals surface area contributed by atoms with Gasteiger partial charge in [0.2, 0.25) is 0 Å². The molecule has 0 heterocycles. The van der Waals surface area contributed by atoms with E-state index in [2.05, 4.69) is 18.5 Å². The minimum absolute atomic E-state index is 0.182. The van der Waals surface area contributed by atoms with Crippen molar-refractivity contribution in [3.63, 3.8) is 0 Å². The number of ether oxygens (including phenoxy) is 2. The van der Waals surface area contributed by atoms with Crippen molar-refractivity contribution >= 4 is 5.97 Å². The van der Waals surface area contributed by atoms with Crippen molar-refractivity contribution in [2.75, 3.05) is 19.8 Å². The van der Waals surface area contributed by atoms with Crippen molar-refractivity contribution in [2.24, 2.45) is 17.6 Å². The van der Waals surface area contributed by atoms with Crippen LogP contribution in [0.5, 0.6) is 0 Å². The highest BCUT2D eigenvalue weighted by atomic mass is 16.6. The van der Waals surface area contributed by atoms with Gasteiger partial charge in [0.15, 0.2) is 0 Å². The summed E-state index contributed by atoms with van der Waals surface area (Å²) in [5, 5.41) is 3.53. The molecule has 0 aromatic rings. The lowest BCUT2D eigenvalue weighted by molar-refractivity contribution is -0.144. The van der Waals surface area contributed by atoms with Gasteiger partial charge >= 0.3 is 5.97 Å². The Morgan fingerprint density at radius 3 is 2.21 bits per heavy atom. The summed E-state index contributed by atoms with van der Waals surface area (Å²) in [5.74, 6) is 2.23. The van der Waals surface area contributed by atoms with Crippen molar-refractivity contribution in [3.8, 4) is 0 Å². The Labute approximate surface area is 176 Å². The summed E-state index contributed by atoms with van der Waals surface area (Å²) in [6.07, 6.45) is 16.9. The first kappa shape index (κ1) is 23.7. The molecule has 5 nitrogen and oxygen atoms in total. The second kappa shape index (κ2) is 13.6. The monoisotopic (exact) mass is 404 g/mol. The zero-order chi connectivity index (χ0) is 20.9. The lowest BCUT2D eigenvalue weighted by Gasteiger charge is -2.33. The Bertz CT molecular complexity index is 530. The molecule has 5 heteroatoms. The fourth-order valence-electron chi connectivity index (χ4n) is 4.55. The number of hydrogen-bond acceptors (Lipinski definition) is 5. The smallest absolute Gasteiger partial charge is 0.307 e. The summed E-state index contributed by atoms with van der Waals surface area (Å²) in [4.78, 5) is 11.8. The Kier molecular flexibility index (Phi) is 11.1. The number of hydrogen-bond donors (Lipinski definition) is 2. The fourth-order valence-corrected chi connectivity index (χ4v) is 4.55. The lowest BCUT2D eigenvalue weighted by atomic mass is 9.76. The SMILES string of the molecule is C=C/C=C(\C=C)OCCOC(=O)CCNC1CCC(CC2CCC(N)CC2)CC1. The number of carbonyl (C=O) groups excluding carboxylic acids is 1. The third-order valence-corrected chi connectivity index (χ3v) is 6.27. The summed E-state index contributed by atoms with van der Waals surface area (Å²) >= 11 is 0. The molecule has 164 valence electrons. The van der Waals surface area contributed by atoms with Crippen molar-refractivity contribution in [1.82, 2.24) is 5.32 Å². The number of esters is 1. The van der Waals surface area contributed by atoms with Crippen LogP contribution in [0.3, 0.4) is 0 Å². The molecule has 2 rings (SSSR count). The summed E-state index contributed by atoms with van der Waals surface area (Å²) in [6, 6.07) is 0.991. The first-order valence-corrected chi connectivity index (χ1v) is 11.3. The van der Waals surface area contributed by atoms with E-state index in [1.54, 1.807) is 18.2 Å². The second-order valence-electron chi connectivity index (χ2n) is 8.52. The Morgan fingerprint density at radius 2 is 1.59 bits per heavy atom. The first-order chi connectivity index (χ1) is 14.1. The molecule has 2 aliphatic carbocycles. The maximum Gasteiger partial charge on any atom is 0.307 e. The normalized spacial score (nSPS) is 27.8. The molecular weight excluding hydrogens is 364 g/mol. The van der Waals surface area contributed by atoms with E-state index in [0.29, 0.717) is 37.4 Å². The third-order valence-electron chi connectivity index (χ3n) is 6.27. The van der Waals surface area contributed by atoms with Gasteiger partial charge in [-0.15, -0.1) is 0 Å². The lowest BCUT2D eigenvalue weighted by Crippen LogP contribution is -2.35. The van der Waals surface area contributed by atoms with E-state index in [4.69, 9.17) is 15.2 Å². The molecule has 2 aliphatic rings. The zero-order valence-electron chi connectivity index (χ0n) is 18.0. The molecule has 2 saturated carbocycles. The summed E-state index contributed by atoms with van der Waals surface area (Å²) in [5.41, 5.74) is 6.02. The van der Waals surface area contributed by atoms with Crippen molar-refractivity contribution in [3.05, 3.63) is 37.1 Å². The molecule has 0 aliphatic heterocycles. The summed E-state index contributed by atoms with van der Waals surface area (Å²) in [7, 11) is 0. The third kappa shape index (κ3) is 9.64. The zero-order valence-corrected chi connectivity index (χ0v) is 18.0. The van der Waals surface area contributed by atoms with Crippen molar-refractivity contribution in [2.45, 2.75) is 76.3 Å². The number of allylic oxidation sites excluding steroid dienone is 3. The largest absolute Gasteiger partial charge is 0.490 e. The van der Waals surface area contributed by atoms with Crippen molar-refractivity contribution in [1.29, 1.82) is 0 Å². The molecule has 2 fully saturated rings. The van der Waals surface area contributed by atoms with E-state index < -0.39 is 0 Å². The molecule has 0 amide bonds. The minimum Gasteiger partial charge on any atom is -0.490 e. The summed E-state index contributed by atoms with van der Waals surface area (Å²) < 4.78 is 10.6. The molecule has 0 saturated heterocycles. The van der Waals surface area contributed by atoms with Gasteiger partial charge in [-0.05, 0) is 81.8 Å². The molecule has 3 N–H and O–H groups in total. The predicted molar refractivity (Wildman–Crippen MR) is 118 cm³/mol. The van der Waals surface area contributed by atoms with Gasteiger partial charge in [-0.3, -0.25) is 4.79 Å². The van der Waals surface area contributed by atoms with Gasteiger partial charge < -0.3 is 20.5 Å². The van der Waals surface area contributed by atoms with Crippen molar-refractivity contribution < 1.29 is 14.3 Å². The van der Waals surface area contributed by atoms with E-state index in [1.807, 2.05) is 0 Å². The minimum atomic E-state index is -0.182. The van der Waals surface area contributed by atoms with E-state index in [0.717, 1.165) is 11.8 Å². The molecule has 0 spiro atoms. The van der Waals surface area contributed by atoms with E-state index in [9.17, 15) is 4.79 Å². The highest BCUT2D eigenvalue weighted by Crippen LogP contribution is 2.35. The Balaban J connectivity index is 1.48. The topological polar surface area (TPSA) is 73.6 Å². The summed E-state index contributed by atoms with van der Waals surface area (Å²) in [6.45, 7) is 8.52. The van der Waals surface area contributed by atoms with Crippen LogP contribution in [0.2, 0.25) is 0 Å². The predicted octanol–water partition coefficient (Wildman–Crippen LogP) is 4.25. The van der Waals surface area contributed by atoms with Crippen LogP contribution < -0.4 is 11.1 Å². The van der Waals surface area contributed by atoms with Gasteiger partial charge in [-0.25, -0.2) is 0 Å². The molecule has 0 atom stereocenters. The second-order valence-corrected chi connectivity index (χ2v) is 8.52. The molecular formula is C24H40N2O3. The first-order valence-electron chi connectivity index (χ1n) is 11.3. The van der Waals surface area contributed by atoms with Crippen LogP contribution in [-0.2, 0) is 14.3 Å². The average molecular weight is 405 g/mol. The van der Waals surface area contributed by atoms with Crippen LogP contribution in [0, 0.1) is 11.8 Å². The van der Waals surface area contributed by atoms with Gasteiger partial charge in [-0.1, -0.05) is 19.2 Å². The van der Waals surface area contributed by atoms with Crippen LogP contribution in [-0.4, -0.2) is 37.8 Å². The van der Waals surface area contributed by atoms with E-state index in [1.165, 1.54) is 57.8 Å². The standard InChI is InChI=1S/C24H40N2O3/c1-3-5-23(4-2)28-16-17-29-24(27)14-15-26-22-12-8-20(9-13-22)18-19-6-10-21(25)11-7-19/h3-5,19-22,26H,1-2,6-18,25H2/b23-5+. The maximum atomic E-state index is 11.8. The number of carbonyl (C=O) groups is 1. The fraction of sp³-hybridized carbons (Fsp3) is 0.708. The molecule has 29 heavy (non-hydrogen) atoms.